The van der Waals surface area contributed by atoms with E-state index in [-0.39, 0.29) is 68.6 Å². The van der Waals surface area contributed by atoms with E-state index in [4.69, 9.17) is 0 Å². The number of aliphatic hydroxyl groups excluding tert-OH is 9. The van der Waals surface area contributed by atoms with Gasteiger partial charge in [-0.2, -0.15) is 0 Å². The molecule has 0 aliphatic heterocycles. The van der Waals surface area contributed by atoms with Crippen LogP contribution in [0.25, 0.3) is 0 Å². The summed E-state index contributed by atoms with van der Waals surface area (Å²) in [5.41, 5.74) is 6.60. The van der Waals surface area contributed by atoms with Gasteiger partial charge in [-0.3, -0.25) is 14.4 Å². The molecule has 111 heavy (non-hydrogen) atoms. The molecule has 12 N–H and O–H groups in total. The predicted molar refractivity (Wildman–Crippen MR) is 453 cm³/mol. The van der Waals surface area contributed by atoms with Gasteiger partial charge in [0, 0.05) is 52.3 Å². The number of aliphatic carboxylic acids is 3. The van der Waals surface area contributed by atoms with Crippen molar-refractivity contribution in [3.05, 3.63) is 176 Å². The maximum absolute atomic E-state index is 11.4. The summed E-state index contributed by atoms with van der Waals surface area (Å²) in [6.07, 6.45) is 45.7. The fraction of sp³-hybridized carbons (Fsp3) is 0.656. The lowest BCUT2D eigenvalue weighted by molar-refractivity contribution is -0.148. The van der Waals surface area contributed by atoms with Crippen LogP contribution in [0.1, 0.15) is 282 Å². The Morgan fingerprint density at radius 3 is 0.532 bits per heavy atom. The highest BCUT2D eigenvalue weighted by molar-refractivity contribution is 5.74. The monoisotopic (exact) mass is 1540 g/mol. The molecule has 6 aliphatic rings. The minimum Gasteiger partial charge on any atom is -0.481 e. The van der Waals surface area contributed by atoms with Gasteiger partial charge in [-0.05, 0) is 240 Å². The van der Waals surface area contributed by atoms with Crippen molar-refractivity contribution in [1.29, 1.82) is 0 Å². The number of carboxylic acid groups (broad SMARTS) is 3. The van der Waals surface area contributed by atoms with E-state index in [9.17, 15) is 75.7 Å². The molecule has 0 saturated carbocycles. The Bertz CT molecular complexity index is 3560. The first kappa shape index (κ1) is 97.5. The number of carbonyl (C=O) groups is 3. The van der Waals surface area contributed by atoms with Crippen LogP contribution in [0.3, 0.4) is 0 Å². The fourth-order valence-corrected chi connectivity index (χ4v) is 15.7. The molecule has 6 atom stereocenters. The van der Waals surface area contributed by atoms with Crippen LogP contribution in [0.15, 0.2) is 176 Å². The van der Waals surface area contributed by atoms with Crippen molar-refractivity contribution in [2.75, 3.05) is 19.8 Å². The lowest BCUT2D eigenvalue weighted by Gasteiger charge is -2.31. The molecule has 0 bridgehead atoms. The zero-order valence-electron chi connectivity index (χ0n) is 72.8. The van der Waals surface area contributed by atoms with Crippen molar-refractivity contribution in [2.45, 2.75) is 318 Å². The van der Waals surface area contributed by atoms with E-state index in [1.165, 1.54) is 0 Å². The summed E-state index contributed by atoms with van der Waals surface area (Å²) in [5.74, 6) is -2.44. The van der Waals surface area contributed by atoms with Crippen molar-refractivity contribution in [3.8, 4) is 0 Å². The van der Waals surface area contributed by atoms with E-state index < -0.39 is 70.8 Å². The summed E-state index contributed by atoms with van der Waals surface area (Å²) < 4.78 is 0. The second-order valence-corrected chi connectivity index (χ2v) is 41.2. The Morgan fingerprint density at radius 1 is 0.270 bits per heavy atom. The number of allylic oxidation sites excluding steroid dienone is 12. The van der Waals surface area contributed by atoms with Crippen LogP contribution < -0.4 is 0 Å². The predicted octanol–water partition coefficient (Wildman–Crippen LogP) is 19.6. The normalized spacial score (nSPS) is 23.9. The van der Waals surface area contributed by atoms with E-state index in [1.54, 1.807) is 41.5 Å². The topological polar surface area (TPSA) is 294 Å². The zero-order chi connectivity index (χ0) is 84.7. The number of aliphatic hydroxyl groups is 9. The van der Waals surface area contributed by atoms with Gasteiger partial charge in [0.1, 0.15) is 0 Å². The number of hydrogen-bond acceptors (Lipinski definition) is 12. The van der Waals surface area contributed by atoms with E-state index in [1.807, 2.05) is 48.6 Å². The van der Waals surface area contributed by atoms with Gasteiger partial charge in [0.05, 0.1) is 52.9 Å². The molecule has 6 aliphatic carbocycles. The van der Waals surface area contributed by atoms with Crippen molar-refractivity contribution in [2.24, 2.45) is 65.0 Å². The standard InChI is InChI=1S/C32H48O6.C32H50O5.C32H52O4/c1-29(2)17-21(11-9-15-31(5,6)27(35)36)25(33)23(19-29)13-14-24-20-30(3,4)18-22(26(24)34)12-10-16-32(7,8)28(37)38;1-29(2,21-33)15-9-11-22-17-30(3,4)19-24(26(22)34)13-14-25-20-31(5,6)18-23(27(25)35)12-10-16-32(7,8)28(36)37;1-29(2,21-33)15-9-11-23-17-31(5,6)19-25(27(23)35)13-14-26-20-32(7,8)18-24(28(26)36)12-10-16-30(3,4)22-34/h13-14,17-20,25-26,33-34H,9-12,15-16H2,1-8H3,(H,35,36)(H,37,38);13-14,17-20,26-27,33-35H,9-12,15-16,21H2,1-8H3,(H,36,37);13-14,17-20,27-28,33-36H,9-12,15-16,21-22H2,1-8H3/b3*14-13-. The third-order valence-corrected chi connectivity index (χ3v) is 22.8. The second kappa shape index (κ2) is 39.2. The van der Waals surface area contributed by atoms with Crippen molar-refractivity contribution in [1.82, 2.24) is 0 Å². The highest BCUT2D eigenvalue weighted by atomic mass is 16.4. The zero-order valence-corrected chi connectivity index (χ0v) is 72.8. The molecule has 0 aromatic carbocycles. The average molecular weight is 1540 g/mol. The summed E-state index contributed by atoms with van der Waals surface area (Å²) in [6, 6.07) is 0. The molecular formula is C96H150O15. The maximum atomic E-state index is 11.4. The molecule has 0 aromatic heterocycles. The van der Waals surface area contributed by atoms with Gasteiger partial charge in [0.25, 0.3) is 0 Å². The molecule has 0 saturated heterocycles. The first-order chi connectivity index (χ1) is 50.6. The largest absolute Gasteiger partial charge is 0.481 e. The van der Waals surface area contributed by atoms with E-state index in [0.717, 1.165) is 125 Å². The third-order valence-electron chi connectivity index (χ3n) is 22.8. The first-order valence-corrected chi connectivity index (χ1v) is 41.0. The molecule has 15 heteroatoms. The van der Waals surface area contributed by atoms with E-state index in [2.05, 4.69) is 185 Å². The van der Waals surface area contributed by atoms with Crippen LogP contribution in [-0.2, 0) is 14.4 Å². The van der Waals surface area contributed by atoms with Gasteiger partial charge in [-0.25, -0.2) is 0 Å². The van der Waals surface area contributed by atoms with Gasteiger partial charge in [-0.1, -0.05) is 234 Å². The van der Waals surface area contributed by atoms with E-state index >= 15 is 0 Å². The van der Waals surface area contributed by atoms with Crippen LogP contribution in [0, 0.1) is 65.0 Å². The highest BCUT2D eigenvalue weighted by Crippen LogP contribution is 2.44. The number of hydrogen-bond donors (Lipinski definition) is 12. The van der Waals surface area contributed by atoms with Crippen molar-refractivity contribution >= 4 is 17.9 Å². The first-order valence-electron chi connectivity index (χ1n) is 41.0. The third kappa shape index (κ3) is 31.4. The molecular weight excluding hydrogens is 1390 g/mol. The van der Waals surface area contributed by atoms with Crippen molar-refractivity contribution in [3.63, 3.8) is 0 Å². The van der Waals surface area contributed by atoms with Crippen LogP contribution in [0.5, 0.6) is 0 Å². The summed E-state index contributed by atoms with van der Waals surface area (Å²) in [7, 11) is 0. The molecule has 6 rings (SSSR count). The van der Waals surface area contributed by atoms with Gasteiger partial charge in [0.2, 0.25) is 0 Å². The second-order valence-electron chi connectivity index (χ2n) is 41.2. The van der Waals surface area contributed by atoms with Crippen molar-refractivity contribution < 1.29 is 75.7 Å². The van der Waals surface area contributed by atoms with Crippen LogP contribution in [0.4, 0.5) is 0 Å². The van der Waals surface area contributed by atoms with Crippen LogP contribution in [0.2, 0.25) is 0 Å². The lowest BCUT2D eigenvalue weighted by Crippen LogP contribution is -2.26. The molecule has 0 aromatic rings. The molecule has 6 unspecified atom stereocenters. The molecule has 0 fully saturated rings. The average Bonchev–Trinajstić information content (AvgIpc) is 0.806. The minimum absolute atomic E-state index is 0.107. The Hall–Kier alpha value is -5.85. The molecule has 624 valence electrons. The SMILES string of the molecule is CC1(C)C=C(/C=C\C2=CC(C)(C)C=C(CCCC(C)(C)C(=O)O)C2O)C(O)C(CCCC(C)(C)C(=O)O)=C1.CC1(C)C=C(/C=C\C2=CC(C)(C)C=C(CCCC(C)(C)C(=O)O)C2O)C(O)C(CCCC(C)(C)CO)=C1.CC1(C)C=C(/C=C\C2=CC(C)(C)C=C(CCCC(C)(C)CO)C2O)C(O)C(CCCC(C)(C)CO)=C1. The van der Waals surface area contributed by atoms with Gasteiger partial charge in [-0.15, -0.1) is 0 Å². The molecule has 0 amide bonds. The quantitative estimate of drug-likeness (QED) is 0.0260. The summed E-state index contributed by atoms with van der Waals surface area (Å²) in [6.45, 7) is 48.6. The van der Waals surface area contributed by atoms with Crippen LogP contribution >= 0.6 is 0 Å². The summed E-state index contributed by atoms with van der Waals surface area (Å²) in [4.78, 5) is 34.3. The Kier molecular flexibility index (Phi) is 34.4. The fourth-order valence-electron chi connectivity index (χ4n) is 15.7. The van der Waals surface area contributed by atoms with Crippen LogP contribution in [-0.4, -0.2) is 136 Å². The number of carboxylic acids is 3. The van der Waals surface area contributed by atoms with Gasteiger partial charge < -0.3 is 61.3 Å². The lowest BCUT2D eigenvalue weighted by atomic mass is 9.76. The maximum Gasteiger partial charge on any atom is 0.309 e. The Labute approximate surface area is 669 Å². The number of rotatable bonds is 36. The Balaban J connectivity index is 0.000000351. The van der Waals surface area contributed by atoms with Gasteiger partial charge >= 0.3 is 17.9 Å². The Morgan fingerprint density at radius 2 is 0.405 bits per heavy atom. The van der Waals surface area contributed by atoms with Gasteiger partial charge in [0.15, 0.2) is 0 Å². The molecule has 0 radical (unpaired) electrons. The highest BCUT2D eigenvalue weighted by Gasteiger charge is 2.36. The smallest absolute Gasteiger partial charge is 0.309 e. The summed E-state index contributed by atoms with van der Waals surface area (Å²) >= 11 is 0. The molecule has 0 spiro atoms. The minimum atomic E-state index is -0.819. The molecule has 15 nitrogen and oxygen atoms in total. The van der Waals surface area contributed by atoms with E-state index in [0.29, 0.717) is 57.8 Å². The summed E-state index contributed by atoms with van der Waals surface area (Å²) in [5, 5.41) is 124. The molecule has 0 heterocycles.